The van der Waals surface area contributed by atoms with Crippen molar-refractivity contribution in [3.05, 3.63) is 35.8 Å². The summed E-state index contributed by atoms with van der Waals surface area (Å²) in [5, 5.41) is 20.5. The molecule has 0 aliphatic heterocycles. The Morgan fingerprint density at radius 2 is 2.17 bits per heavy atom. The molecule has 2 N–H and O–H groups in total. The first-order valence-electron chi connectivity index (χ1n) is 8.93. The molecular formula is C20H28O4. The van der Waals surface area contributed by atoms with Gasteiger partial charge in [-0.05, 0) is 61.0 Å². The van der Waals surface area contributed by atoms with Crippen LogP contribution in [-0.2, 0) is 11.2 Å². The van der Waals surface area contributed by atoms with Crippen molar-refractivity contribution in [1.29, 1.82) is 0 Å². The minimum atomic E-state index is -0.881. The molecule has 0 saturated heterocycles. The fourth-order valence-electron chi connectivity index (χ4n) is 5.31. The number of hydrogen-bond acceptors (Lipinski definition) is 3. The number of carboxylic acids is 1. The number of rotatable bonds is 4. The van der Waals surface area contributed by atoms with Gasteiger partial charge < -0.3 is 14.6 Å². The second kappa shape index (κ2) is 6.07. The maximum absolute atomic E-state index is 11.8. The second-order valence-corrected chi connectivity index (χ2v) is 8.13. The number of aliphatic hydroxyl groups is 1. The van der Waals surface area contributed by atoms with Crippen molar-refractivity contribution in [3.8, 4) is 0 Å². The van der Waals surface area contributed by atoms with Crippen molar-refractivity contribution in [3.63, 3.8) is 0 Å². The minimum absolute atomic E-state index is 0.000208. The lowest BCUT2D eigenvalue weighted by atomic mass is 9.45. The van der Waals surface area contributed by atoms with Crippen molar-refractivity contribution in [2.45, 2.75) is 59.0 Å². The third kappa shape index (κ3) is 2.52. The molecule has 2 aliphatic carbocycles. The normalized spacial score (nSPS) is 39.2. The van der Waals surface area contributed by atoms with Crippen LogP contribution in [0.25, 0.3) is 0 Å². The fourth-order valence-corrected chi connectivity index (χ4v) is 5.31. The average Bonchev–Trinajstić information content (AvgIpc) is 3.04. The quantitative estimate of drug-likeness (QED) is 0.873. The molecule has 1 fully saturated rings. The number of carboxylic acid groups (broad SMARTS) is 1. The summed E-state index contributed by atoms with van der Waals surface area (Å²) in [6, 6.07) is 1.99. The molecule has 0 spiro atoms. The minimum Gasteiger partial charge on any atom is -0.478 e. The lowest BCUT2D eigenvalue weighted by molar-refractivity contribution is -0.148. The standard InChI is InChI=1S/C20H28O4/c1-13-11-17(21)20(3)15(18(22)23)5-4-6-16(20)19(13,2)9-7-14-8-10-24-12-14/h5,8,10,12-13,16-17,21H,4,6-7,9,11H2,1-3H3,(H,22,23)/t13-,16+,17+,19-,20-/m0/s1. The van der Waals surface area contributed by atoms with Crippen molar-refractivity contribution in [1.82, 2.24) is 0 Å². The van der Waals surface area contributed by atoms with Gasteiger partial charge in [-0.1, -0.05) is 26.8 Å². The monoisotopic (exact) mass is 332 g/mol. The van der Waals surface area contributed by atoms with E-state index in [-0.39, 0.29) is 11.3 Å². The SMILES string of the molecule is C[C@H]1C[C@@H](O)[C@@]2(C)C(C(=O)O)=CCC[C@@H]2[C@@]1(C)CCc1ccoc1. The van der Waals surface area contributed by atoms with Gasteiger partial charge >= 0.3 is 5.97 Å². The number of aryl methyl sites for hydroxylation is 1. The lowest BCUT2D eigenvalue weighted by Crippen LogP contribution is -2.57. The predicted octanol–water partition coefficient (Wildman–Crippen LogP) is 4.05. The predicted molar refractivity (Wildman–Crippen MR) is 91.5 cm³/mol. The van der Waals surface area contributed by atoms with Gasteiger partial charge in [-0.15, -0.1) is 0 Å². The molecule has 4 heteroatoms. The molecule has 0 radical (unpaired) electrons. The Hall–Kier alpha value is -1.55. The van der Waals surface area contributed by atoms with Crippen molar-refractivity contribution in [2.24, 2.45) is 22.7 Å². The van der Waals surface area contributed by atoms with Gasteiger partial charge in [0.25, 0.3) is 0 Å². The second-order valence-electron chi connectivity index (χ2n) is 8.13. The van der Waals surface area contributed by atoms with Crippen LogP contribution in [0.3, 0.4) is 0 Å². The van der Waals surface area contributed by atoms with E-state index in [0.717, 1.165) is 25.7 Å². The maximum atomic E-state index is 11.8. The lowest BCUT2D eigenvalue weighted by Gasteiger charge is -2.59. The van der Waals surface area contributed by atoms with Crippen LogP contribution in [0.1, 0.15) is 52.0 Å². The number of carbonyl (C=O) groups is 1. The zero-order valence-corrected chi connectivity index (χ0v) is 14.8. The number of furan rings is 1. The van der Waals surface area contributed by atoms with Crippen LogP contribution < -0.4 is 0 Å². The molecule has 1 heterocycles. The van der Waals surface area contributed by atoms with Crippen LogP contribution in [0.5, 0.6) is 0 Å². The summed E-state index contributed by atoms with van der Waals surface area (Å²) in [4.78, 5) is 11.8. The van der Waals surface area contributed by atoms with Crippen LogP contribution in [0.4, 0.5) is 0 Å². The van der Waals surface area contributed by atoms with Crippen LogP contribution in [0, 0.1) is 22.7 Å². The van der Waals surface area contributed by atoms with Gasteiger partial charge in [0.15, 0.2) is 0 Å². The Kier molecular flexibility index (Phi) is 4.37. The number of allylic oxidation sites excluding steroid dienone is 1. The van der Waals surface area contributed by atoms with Gasteiger partial charge in [0.1, 0.15) is 0 Å². The molecule has 4 nitrogen and oxygen atoms in total. The van der Waals surface area contributed by atoms with Crippen molar-refractivity contribution >= 4 is 5.97 Å². The Morgan fingerprint density at radius 1 is 1.42 bits per heavy atom. The van der Waals surface area contributed by atoms with Crippen LogP contribution in [0.2, 0.25) is 0 Å². The molecular weight excluding hydrogens is 304 g/mol. The highest BCUT2D eigenvalue weighted by Gasteiger charge is 2.59. The molecule has 1 saturated carbocycles. The molecule has 1 aromatic rings. The van der Waals surface area contributed by atoms with E-state index in [1.54, 1.807) is 12.5 Å². The molecule has 5 atom stereocenters. The van der Waals surface area contributed by atoms with Crippen molar-refractivity contribution < 1.29 is 19.4 Å². The number of fused-ring (bicyclic) bond motifs is 1. The van der Waals surface area contributed by atoms with Gasteiger partial charge in [-0.2, -0.15) is 0 Å². The Morgan fingerprint density at radius 3 is 2.79 bits per heavy atom. The molecule has 0 unspecified atom stereocenters. The van der Waals surface area contributed by atoms with Crippen molar-refractivity contribution in [2.75, 3.05) is 0 Å². The van der Waals surface area contributed by atoms with Gasteiger partial charge in [0.2, 0.25) is 0 Å². The topological polar surface area (TPSA) is 70.7 Å². The number of aliphatic carboxylic acids is 1. The van der Waals surface area contributed by atoms with Gasteiger partial charge in [0.05, 0.1) is 18.6 Å². The van der Waals surface area contributed by atoms with Gasteiger partial charge in [-0.25, -0.2) is 4.79 Å². The van der Waals surface area contributed by atoms with Crippen LogP contribution in [-0.4, -0.2) is 22.3 Å². The number of aliphatic hydroxyl groups excluding tert-OH is 1. The first kappa shape index (κ1) is 17.3. The first-order valence-corrected chi connectivity index (χ1v) is 8.93. The zero-order valence-electron chi connectivity index (χ0n) is 14.8. The first-order chi connectivity index (χ1) is 11.3. The summed E-state index contributed by atoms with van der Waals surface area (Å²) in [5.41, 5.74) is 0.927. The fraction of sp³-hybridized carbons (Fsp3) is 0.650. The third-order valence-corrected chi connectivity index (χ3v) is 7.06. The molecule has 132 valence electrons. The zero-order chi connectivity index (χ0) is 17.5. The molecule has 3 rings (SSSR count). The smallest absolute Gasteiger partial charge is 0.331 e. The Bertz CT molecular complexity index is 632. The highest BCUT2D eigenvalue weighted by atomic mass is 16.4. The van der Waals surface area contributed by atoms with E-state index in [1.807, 2.05) is 19.1 Å². The molecule has 0 amide bonds. The van der Waals surface area contributed by atoms with Gasteiger partial charge in [0, 0.05) is 11.0 Å². The molecule has 24 heavy (non-hydrogen) atoms. The van der Waals surface area contributed by atoms with Crippen LogP contribution >= 0.6 is 0 Å². The average molecular weight is 332 g/mol. The largest absolute Gasteiger partial charge is 0.478 e. The molecule has 2 aliphatic rings. The molecule has 0 aromatic carbocycles. The third-order valence-electron chi connectivity index (χ3n) is 7.06. The number of hydrogen-bond donors (Lipinski definition) is 2. The Balaban J connectivity index is 1.94. The van der Waals surface area contributed by atoms with Crippen LogP contribution in [0.15, 0.2) is 34.7 Å². The summed E-state index contributed by atoms with van der Waals surface area (Å²) in [7, 11) is 0. The maximum Gasteiger partial charge on any atom is 0.331 e. The highest BCUT2D eigenvalue weighted by Crippen LogP contribution is 2.61. The van der Waals surface area contributed by atoms with E-state index in [0.29, 0.717) is 17.9 Å². The van der Waals surface area contributed by atoms with E-state index in [9.17, 15) is 15.0 Å². The van der Waals surface area contributed by atoms with E-state index in [1.165, 1.54) is 5.56 Å². The van der Waals surface area contributed by atoms with E-state index >= 15 is 0 Å². The summed E-state index contributed by atoms with van der Waals surface area (Å²) in [5.74, 6) is -0.356. The van der Waals surface area contributed by atoms with E-state index in [2.05, 4.69) is 13.8 Å². The summed E-state index contributed by atoms with van der Waals surface area (Å²) in [6.45, 7) is 6.46. The molecule has 1 aromatic heterocycles. The summed E-state index contributed by atoms with van der Waals surface area (Å²) >= 11 is 0. The molecule has 0 bridgehead atoms. The van der Waals surface area contributed by atoms with Gasteiger partial charge in [-0.3, -0.25) is 0 Å². The summed E-state index contributed by atoms with van der Waals surface area (Å²) in [6.07, 6.45) is 8.99. The highest BCUT2D eigenvalue weighted by molar-refractivity contribution is 5.88. The van der Waals surface area contributed by atoms with E-state index in [4.69, 9.17) is 4.42 Å². The summed E-state index contributed by atoms with van der Waals surface area (Å²) < 4.78 is 5.18. The van der Waals surface area contributed by atoms with E-state index < -0.39 is 17.5 Å². The Labute approximate surface area is 143 Å².